The standard InChI is InChI=1S/C18H16Cl2N4O3S2/c19-12-3-4-13-14(10-12)28-18(22-13)23-17(25)11-5-8-24(9-6-11)29(26,27)15-2-1-7-21-16(15)20/h1-4,7,10-11H,5-6,8-9H2,(H,22,23,25). The second-order valence-electron chi connectivity index (χ2n) is 6.59. The summed E-state index contributed by atoms with van der Waals surface area (Å²) in [6.45, 7) is 0.474. The third-order valence-corrected chi connectivity index (χ3v) is 8.26. The van der Waals surface area contributed by atoms with Crippen LogP contribution in [0.25, 0.3) is 10.2 Å². The maximum atomic E-state index is 12.8. The Morgan fingerprint density at radius 1 is 1.21 bits per heavy atom. The van der Waals surface area contributed by atoms with Crippen molar-refractivity contribution in [2.24, 2.45) is 5.92 Å². The lowest BCUT2D eigenvalue weighted by atomic mass is 9.97. The van der Waals surface area contributed by atoms with Gasteiger partial charge in [0.1, 0.15) is 10.0 Å². The van der Waals surface area contributed by atoms with Gasteiger partial charge in [-0.3, -0.25) is 4.79 Å². The molecule has 1 aliphatic rings. The summed E-state index contributed by atoms with van der Waals surface area (Å²) in [5.41, 5.74) is 0.768. The van der Waals surface area contributed by atoms with Crippen LogP contribution in [0.1, 0.15) is 12.8 Å². The first kappa shape index (κ1) is 20.5. The minimum atomic E-state index is -3.74. The van der Waals surface area contributed by atoms with Gasteiger partial charge in [0.05, 0.1) is 10.2 Å². The molecule has 3 aromatic rings. The number of carbonyl (C=O) groups is 1. The quantitative estimate of drug-likeness (QED) is 0.580. The Morgan fingerprint density at radius 3 is 2.69 bits per heavy atom. The molecule has 11 heteroatoms. The minimum Gasteiger partial charge on any atom is -0.302 e. The second-order valence-corrected chi connectivity index (χ2v) is 10.3. The summed E-state index contributed by atoms with van der Waals surface area (Å²) in [7, 11) is -3.74. The van der Waals surface area contributed by atoms with E-state index in [1.54, 1.807) is 18.2 Å². The average molecular weight is 471 g/mol. The van der Waals surface area contributed by atoms with Crippen LogP contribution in [0.2, 0.25) is 10.2 Å². The van der Waals surface area contributed by atoms with Crippen molar-refractivity contribution in [3.05, 3.63) is 46.7 Å². The number of anilines is 1. The number of benzene rings is 1. The molecule has 4 rings (SSSR count). The van der Waals surface area contributed by atoms with Crippen LogP contribution in [0.15, 0.2) is 41.4 Å². The zero-order valence-corrected chi connectivity index (χ0v) is 18.2. The van der Waals surface area contributed by atoms with Crippen molar-refractivity contribution in [2.75, 3.05) is 18.4 Å². The summed E-state index contributed by atoms with van der Waals surface area (Å²) in [6, 6.07) is 8.32. The van der Waals surface area contributed by atoms with E-state index in [9.17, 15) is 13.2 Å². The first-order valence-electron chi connectivity index (χ1n) is 8.82. The Hall–Kier alpha value is -1.78. The number of amides is 1. The number of carbonyl (C=O) groups excluding carboxylic acids is 1. The Bertz CT molecular complexity index is 1170. The van der Waals surface area contributed by atoms with Gasteiger partial charge in [0, 0.05) is 30.2 Å². The fourth-order valence-electron chi connectivity index (χ4n) is 3.22. The molecule has 3 heterocycles. The molecular weight excluding hydrogens is 455 g/mol. The number of piperidine rings is 1. The number of nitrogens with one attached hydrogen (secondary N) is 1. The number of sulfonamides is 1. The van der Waals surface area contributed by atoms with Gasteiger partial charge >= 0.3 is 0 Å². The predicted molar refractivity (Wildman–Crippen MR) is 114 cm³/mol. The van der Waals surface area contributed by atoms with Gasteiger partial charge in [-0.25, -0.2) is 18.4 Å². The third-order valence-electron chi connectivity index (χ3n) is 4.75. The second kappa shape index (κ2) is 8.16. The van der Waals surface area contributed by atoms with E-state index >= 15 is 0 Å². The number of pyridine rings is 1. The average Bonchev–Trinajstić information content (AvgIpc) is 3.09. The van der Waals surface area contributed by atoms with Crippen molar-refractivity contribution in [3.8, 4) is 0 Å². The number of halogens is 2. The molecule has 0 atom stereocenters. The summed E-state index contributed by atoms with van der Waals surface area (Å²) in [6.07, 6.45) is 2.27. The molecule has 1 saturated heterocycles. The van der Waals surface area contributed by atoms with Crippen LogP contribution in [0.3, 0.4) is 0 Å². The molecule has 1 amide bonds. The molecule has 1 aliphatic heterocycles. The van der Waals surface area contributed by atoms with Crippen LogP contribution in [0.4, 0.5) is 5.13 Å². The molecule has 7 nitrogen and oxygen atoms in total. The fourth-order valence-corrected chi connectivity index (χ4v) is 6.26. The zero-order valence-electron chi connectivity index (χ0n) is 15.0. The molecule has 1 fully saturated rings. The van der Waals surface area contributed by atoms with Crippen LogP contribution < -0.4 is 5.32 Å². The SMILES string of the molecule is O=C(Nc1nc2ccc(Cl)cc2s1)C1CCN(S(=O)(=O)c2cccnc2Cl)CC1. The van der Waals surface area contributed by atoms with Gasteiger partial charge in [-0.15, -0.1) is 0 Å². The lowest BCUT2D eigenvalue weighted by molar-refractivity contribution is -0.120. The van der Waals surface area contributed by atoms with Gasteiger partial charge in [0.15, 0.2) is 5.13 Å². The predicted octanol–water partition coefficient (Wildman–Crippen LogP) is 4.04. The van der Waals surface area contributed by atoms with E-state index in [4.69, 9.17) is 23.2 Å². The highest BCUT2D eigenvalue weighted by molar-refractivity contribution is 7.89. The van der Waals surface area contributed by atoms with E-state index in [2.05, 4.69) is 15.3 Å². The lowest BCUT2D eigenvalue weighted by Gasteiger charge is -2.30. The van der Waals surface area contributed by atoms with E-state index in [1.807, 2.05) is 0 Å². The molecule has 0 aliphatic carbocycles. The molecule has 152 valence electrons. The number of aromatic nitrogens is 2. The van der Waals surface area contributed by atoms with Gasteiger partial charge in [-0.2, -0.15) is 4.31 Å². The van der Waals surface area contributed by atoms with Crippen molar-refractivity contribution < 1.29 is 13.2 Å². The maximum Gasteiger partial charge on any atom is 0.246 e. The highest BCUT2D eigenvalue weighted by Crippen LogP contribution is 2.30. The minimum absolute atomic E-state index is 0.0160. The Kier molecular flexibility index (Phi) is 5.76. The zero-order chi connectivity index (χ0) is 20.6. The summed E-state index contributed by atoms with van der Waals surface area (Å²) < 4.78 is 27.8. The van der Waals surface area contributed by atoms with Crippen LogP contribution in [-0.2, 0) is 14.8 Å². The van der Waals surface area contributed by atoms with Crippen molar-refractivity contribution in [2.45, 2.75) is 17.7 Å². The number of hydrogen-bond acceptors (Lipinski definition) is 6. The first-order chi connectivity index (χ1) is 13.8. The number of rotatable bonds is 4. The number of nitrogens with zero attached hydrogens (tertiary/aromatic N) is 3. The molecule has 1 N–H and O–H groups in total. The van der Waals surface area contributed by atoms with E-state index in [-0.39, 0.29) is 35.0 Å². The number of thiazole rings is 1. The van der Waals surface area contributed by atoms with Crippen LogP contribution in [0.5, 0.6) is 0 Å². The first-order valence-corrected chi connectivity index (χ1v) is 11.8. The molecule has 0 bridgehead atoms. The number of fused-ring (bicyclic) bond motifs is 1. The van der Waals surface area contributed by atoms with Crippen molar-refractivity contribution in [1.82, 2.24) is 14.3 Å². The fraction of sp³-hybridized carbons (Fsp3) is 0.278. The van der Waals surface area contributed by atoms with Crippen molar-refractivity contribution in [1.29, 1.82) is 0 Å². The highest BCUT2D eigenvalue weighted by Gasteiger charge is 2.33. The largest absolute Gasteiger partial charge is 0.302 e. The Morgan fingerprint density at radius 2 is 1.97 bits per heavy atom. The van der Waals surface area contributed by atoms with Gasteiger partial charge in [0.2, 0.25) is 15.9 Å². The Balaban J connectivity index is 1.41. The van der Waals surface area contributed by atoms with Crippen molar-refractivity contribution >= 4 is 65.8 Å². The van der Waals surface area contributed by atoms with Crippen LogP contribution >= 0.6 is 34.5 Å². The molecule has 0 spiro atoms. The van der Waals surface area contributed by atoms with Gasteiger partial charge in [-0.05, 0) is 43.2 Å². The van der Waals surface area contributed by atoms with Gasteiger partial charge < -0.3 is 5.32 Å². The van der Waals surface area contributed by atoms with E-state index in [1.165, 1.54) is 34.0 Å². The van der Waals surface area contributed by atoms with Crippen molar-refractivity contribution in [3.63, 3.8) is 0 Å². The smallest absolute Gasteiger partial charge is 0.246 e. The summed E-state index contributed by atoms with van der Waals surface area (Å²) in [4.78, 5) is 20.8. The monoisotopic (exact) mass is 470 g/mol. The van der Waals surface area contributed by atoms with Gasteiger partial charge in [-0.1, -0.05) is 34.5 Å². The molecule has 1 aromatic carbocycles. The lowest BCUT2D eigenvalue weighted by Crippen LogP contribution is -2.41. The molecule has 29 heavy (non-hydrogen) atoms. The maximum absolute atomic E-state index is 12.8. The third kappa shape index (κ3) is 4.24. The molecule has 0 radical (unpaired) electrons. The molecule has 0 unspecified atom stereocenters. The van der Waals surface area contributed by atoms with Gasteiger partial charge in [0.25, 0.3) is 0 Å². The Labute approximate surface area is 181 Å². The van der Waals surface area contributed by atoms with Crippen LogP contribution in [0, 0.1) is 5.92 Å². The molecule has 0 saturated carbocycles. The molecule has 2 aromatic heterocycles. The van der Waals surface area contributed by atoms with Crippen LogP contribution in [-0.4, -0.2) is 41.7 Å². The van der Waals surface area contributed by atoms with E-state index in [0.717, 1.165) is 10.2 Å². The summed E-state index contributed by atoms with van der Waals surface area (Å²) in [5.74, 6) is -0.451. The summed E-state index contributed by atoms with van der Waals surface area (Å²) in [5, 5.41) is 3.91. The molecular formula is C18H16Cl2N4O3S2. The summed E-state index contributed by atoms with van der Waals surface area (Å²) >= 11 is 13.3. The number of hydrogen-bond donors (Lipinski definition) is 1. The normalized spacial score (nSPS) is 16.2. The van der Waals surface area contributed by atoms with E-state index < -0.39 is 10.0 Å². The highest BCUT2D eigenvalue weighted by atomic mass is 35.5. The topological polar surface area (TPSA) is 92.3 Å². The van der Waals surface area contributed by atoms with E-state index in [0.29, 0.717) is 23.0 Å².